The van der Waals surface area contributed by atoms with E-state index in [9.17, 15) is 4.79 Å². The van der Waals surface area contributed by atoms with Crippen LogP contribution in [0.25, 0.3) is 0 Å². The van der Waals surface area contributed by atoms with E-state index in [1.165, 1.54) is 25.7 Å². The van der Waals surface area contributed by atoms with Gasteiger partial charge in [-0.05, 0) is 38.0 Å². The normalized spacial score (nSPS) is 19.0. The van der Waals surface area contributed by atoms with Crippen LogP contribution in [-0.2, 0) is 4.79 Å². The molecular formula is C10H17NO. The van der Waals surface area contributed by atoms with Crippen LogP contribution in [0, 0.1) is 5.92 Å². The van der Waals surface area contributed by atoms with Gasteiger partial charge >= 0.3 is 0 Å². The van der Waals surface area contributed by atoms with Crippen LogP contribution < -0.4 is 5.73 Å². The largest absolute Gasteiger partial charge is 0.370 e. The van der Waals surface area contributed by atoms with Gasteiger partial charge in [-0.3, -0.25) is 4.79 Å². The fraction of sp³-hybridized carbons (Fsp3) is 0.700. The zero-order valence-electron chi connectivity index (χ0n) is 7.46. The van der Waals surface area contributed by atoms with Crippen molar-refractivity contribution in [1.29, 1.82) is 0 Å². The van der Waals surface area contributed by atoms with Crippen molar-refractivity contribution in [1.82, 2.24) is 0 Å². The molecule has 0 radical (unpaired) electrons. The van der Waals surface area contributed by atoms with E-state index >= 15 is 0 Å². The molecule has 2 nitrogen and oxygen atoms in total. The summed E-state index contributed by atoms with van der Waals surface area (Å²) in [5.41, 5.74) is 5.09. The molecule has 0 bridgehead atoms. The number of allylic oxidation sites excluding steroid dienone is 2. The van der Waals surface area contributed by atoms with Crippen LogP contribution in [0.4, 0.5) is 0 Å². The SMILES string of the molecule is NC(=O)CCC1CCC=CCC1. The van der Waals surface area contributed by atoms with Crippen LogP contribution in [0.5, 0.6) is 0 Å². The molecule has 0 aromatic carbocycles. The Bertz CT molecular complexity index is 165. The van der Waals surface area contributed by atoms with E-state index in [2.05, 4.69) is 12.2 Å². The number of carbonyl (C=O) groups excluding carboxylic acids is 1. The van der Waals surface area contributed by atoms with Gasteiger partial charge in [0.1, 0.15) is 0 Å². The fourth-order valence-corrected chi connectivity index (χ4v) is 1.68. The summed E-state index contributed by atoms with van der Waals surface area (Å²) in [6, 6.07) is 0. The first-order valence-corrected chi connectivity index (χ1v) is 4.72. The maximum Gasteiger partial charge on any atom is 0.217 e. The first kappa shape index (κ1) is 9.30. The minimum absolute atomic E-state index is 0.160. The maximum absolute atomic E-state index is 10.5. The third-order valence-corrected chi connectivity index (χ3v) is 2.45. The number of amides is 1. The predicted octanol–water partition coefficient (Wildman–Crippen LogP) is 2.00. The van der Waals surface area contributed by atoms with Crippen LogP contribution >= 0.6 is 0 Å². The highest BCUT2D eigenvalue weighted by atomic mass is 16.1. The molecule has 12 heavy (non-hydrogen) atoms. The van der Waals surface area contributed by atoms with Crippen LogP contribution in [0.3, 0.4) is 0 Å². The highest BCUT2D eigenvalue weighted by Crippen LogP contribution is 2.22. The van der Waals surface area contributed by atoms with Gasteiger partial charge in [0.25, 0.3) is 0 Å². The molecule has 0 unspecified atom stereocenters. The van der Waals surface area contributed by atoms with Crippen molar-refractivity contribution in [2.24, 2.45) is 11.7 Å². The van der Waals surface area contributed by atoms with Gasteiger partial charge in [-0.1, -0.05) is 12.2 Å². The molecule has 0 fully saturated rings. The second kappa shape index (κ2) is 4.96. The lowest BCUT2D eigenvalue weighted by Crippen LogP contribution is -2.12. The Labute approximate surface area is 73.8 Å². The number of rotatable bonds is 3. The molecular weight excluding hydrogens is 150 g/mol. The molecule has 1 aliphatic rings. The third kappa shape index (κ3) is 3.56. The highest BCUT2D eigenvalue weighted by molar-refractivity contribution is 5.73. The van der Waals surface area contributed by atoms with Gasteiger partial charge < -0.3 is 5.73 Å². The van der Waals surface area contributed by atoms with Gasteiger partial charge in [-0.15, -0.1) is 0 Å². The molecule has 0 aromatic heterocycles. The Morgan fingerprint density at radius 3 is 2.42 bits per heavy atom. The van der Waals surface area contributed by atoms with E-state index < -0.39 is 0 Å². The minimum Gasteiger partial charge on any atom is -0.370 e. The Balaban J connectivity index is 2.19. The molecule has 0 saturated heterocycles. The molecule has 0 atom stereocenters. The van der Waals surface area contributed by atoms with Crippen molar-refractivity contribution in [3.63, 3.8) is 0 Å². The fourth-order valence-electron chi connectivity index (χ4n) is 1.68. The minimum atomic E-state index is -0.160. The van der Waals surface area contributed by atoms with Gasteiger partial charge in [-0.2, -0.15) is 0 Å². The van der Waals surface area contributed by atoms with Crippen molar-refractivity contribution in [3.8, 4) is 0 Å². The summed E-state index contributed by atoms with van der Waals surface area (Å²) < 4.78 is 0. The van der Waals surface area contributed by atoms with E-state index in [1.54, 1.807) is 0 Å². The molecule has 0 aliphatic heterocycles. The molecule has 2 N–H and O–H groups in total. The zero-order chi connectivity index (χ0) is 8.81. The zero-order valence-corrected chi connectivity index (χ0v) is 7.46. The van der Waals surface area contributed by atoms with E-state index in [1.807, 2.05) is 0 Å². The molecule has 1 amide bonds. The number of carbonyl (C=O) groups is 1. The van der Waals surface area contributed by atoms with E-state index in [0.29, 0.717) is 12.3 Å². The Morgan fingerprint density at radius 2 is 1.92 bits per heavy atom. The topological polar surface area (TPSA) is 43.1 Å². The van der Waals surface area contributed by atoms with E-state index in [4.69, 9.17) is 5.73 Å². The Morgan fingerprint density at radius 1 is 1.33 bits per heavy atom. The van der Waals surface area contributed by atoms with Gasteiger partial charge in [-0.25, -0.2) is 0 Å². The predicted molar refractivity (Wildman–Crippen MR) is 49.5 cm³/mol. The molecule has 2 heteroatoms. The van der Waals surface area contributed by atoms with Crippen molar-refractivity contribution in [3.05, 3.63) is 12.2 Å². The molecule has 0 heterocycles. The van der Waals surface area contributed by atoms with Crippen LogP contribution in [0.2, 0.25) is 0 Å². The first-order valence-electron chi connectivity index (χ1n) is 4.72. The average Bonchev–Trinajstić information content (AvgIpc) is 2.28. The molecule has 0 aromatic rings. The molecule has 1 rings (SSSR count). The standard InChI is InChI=1S/C10H17NO/c11-10(12)8-7-9-5-3-1-2-4-6-9/h1-2,9H,3-8H2,(H2,11,12). The third-order valence-electron chi connectivity index (χ3n) is 2.45. The monoisotopic (exact) mass is 167 g/mol. The van der Waals surface area contributed by atoms with Crippen molar-refractivity contribution in [2.75, 3.05) is 0 Å². The second-order valence-electron chi connectivity index (χ2n) is 3.50. The number of nitrogens with two attached hydrogens (primary N) is 1. The summed E-state index contributed by atoms with van der Waals surface area (Å²) in [6.45, 7) is 0. The van der Waals surface area contributed by atoms with Gasteiger partial charge in [0.15, 0.2) is 0 Å². The quantitative estimate of drug-likeness (QED) is 0.642. The Kier molecular flexibility index (Phi) is 3.85. The van der Waals surface area contributed by atoms with Crippen molar-refractivity contribution >= 4 is 5.91 Å². The Hall–Kier alpha value is -0.790. The van der Waals surface area contributed by atoms with E-state index in [-0.39, 0.29) is 5.91 Å². The first-order chi connectivity index (χ1) is 5.79. The number of primary amides is 1. The summed E-state index contributed by atoms with van der Waals surface area (Å²) in [7, 11) is 0. The number of hydrogen-bond donors (Lipinski definition) is 1. The lowest BCUT2D eigenvalue weighted by molar-refractivity contribution is -0.118. The van der Waals surface area contributed by atoms with E-state index in [0.717, 1.165) is 6.42 Å². The summed E-state index contributed by atoms with van der Waals surface area (Å²) in [5, 5.41) is 0. The lowest BCUT2D eigenvalue weighted by Gasteiger charge is -2.11. The summed E-state index contributed by atoms with van der Waals surface area (Å²) in [6.07, 6.45) is 10.8. The summed E-state index contributed by atoms with van der Waals surface area (Å²) >= 11 is 0. The smallest absolute Gasteiger partial charge is 0.217 e. The van der Waals surface area contributed by atoms with Crippen LogP contribution in [-0.4, -0.2) is 5.91 Å². The second-order valence-corrected chi connectivity index (χ2v) is 3.50. The molecule has 0 spiro atoms. The maximum atomic E-state index is 10.5. The van der Waals surface area contributed by atoms with Gasteiger partial charge in [0.05, 0.1) is 0 Å². The van der Waals surface area contributed by atoms with Crippen molar-refractivity contribution in [2.45, 2.75) is 38.5 Å². The molecule has 0 saturated carbocycles. The van der Waals surface area contributed by atoms with Gasteiger partial charge in [0, 0.05) is 6.42 Å². The number of hydrogen-bond acceptors (Lipinski definition) is 1. The van der Waals surface area contributed by atoms with Gasteiger partial charge in [0.2, 0.25) is 5.91 Å². The van der Waals surface area contributed by atoms with Crippen LogP contribution in [0.1, 0.15) is 38.5 Å². The lowest BCUT2D eigenvalue weighted by atomic mass is 9.95. The van der Waals surface area contributed by atoms with Crippen LogP contribution in [0.15, 0.2) is 12.2 Å². The highest BCUT2D eigenvalue weighted by Gasteiger charge is 2.10. The molecule has 1 aliphatic carbocycles. The molecule has 68 valence electrons. The summed E-state index contributed by atoms with van der Waals surface area (Å²) in [4.78, 5) is 10.5. The van der Waals surface area contributed by atoms with Crippen molar-refractivity contribution < 1.29 is 4.79 Å². The summed E-state index contributed by atoms with van der Waals surface area (Å²) in [5.74, 6) is 0.555. The average molecular weight is 167 g/mol.